The molecule has 0 spiro atoms. The van der Waals surface area contributed by atoms with Crippen molar-refractivity contribution in [3.05, 3.63) is 62.9 Å². The number of rotatable bonds is 7. The Balaban J connectivity index is 2.03. The summed E-state index contributed by atoms with van der Waals surface area (Å²) in [5.41, 5.74) is 3.05. The van der Waals surface area contributed by atoms with Crippen molar-refractivity contribution in [3.63, 3.8) is 0 Å². The quantitative estimate of drug-likeness (QED) is 0.422. The van der Waals surface area contributed by atoms with Gasteiger partial charge in [-0.25, -0.2) is 0 Å². The summed E-state index contributed by atoms with van der Waals surface area (Å²) in [5.74, 6) is 0.786. The molecule has 0 radical (unpaired) electrons. The van der Waals surface area contributed by atoms with Gasteiger partial charge in [0, 0.05) is 10.5 Å². The van der Waals surface area contributed by atoms with E-state index in [4.69, 9.17) is 9.15 Å². The van der Waals surface area contributed by atoms with Crippen LogP contribution in [0.2, 0.25) is 0 Å². The van der Waals surface area contributed by atoms with Crippen LogP contribution in [0.25, 0.3) is 22.1 Å². The van der Waals surface area contributed by atoms with E-state index in [0.29, 0.717) is 16.5 Å². The Bertz CT molecular complexity index is 942. The van der Waals surface area contributed by atoms with Gasteiger partial charge < -0.3 is 9.15 Å². The predicted octanol–water partition coefficient (Wildman–Crippen LogP) is 6.35. The lowest BCUT2D eigenvalue weighted by atomic mass is 10.0. The highest BCUT2D eigenvalue weighted by atomic mass is 79.9. The zero-order valence-electron chi connectivity index (χ0n) is 15.2. The zero-order valence-corrected chi connectivity index (χ0v) is 16.8. The molecular formula is C22H23BrO3. The van der Waals surface area contributed by atoms with E-state index < -0.39 is 0 Å². The molecular weight excluding hydrogens is 392 g/mol. The molecule has 1 heterocycles. The summed E-state index contributed by atoms with van der Waals surface area (Å²) in [7, 11) is 1.66. The number of hydrogen-bond donors (Lipinski definition) is 0. The van der Waals surface area contributed by atoms with E-state index in [1.165, 1.54) is 25.5 Å². The molecule has 0 N–H and O–H groups in total. The third kappa shape index (κ3) is 4.01. The fourth-order valence-electron chi connectivity index (χ4n) is 3.16. The maximum absolute atomic E-state index is 13.0. The fraction of sp³-hybridized carbons (Fsp3) is 0.318. The second kappa shape index (κ2) is 8.54. The third-order valence-electron chi connectivity index (χ3n) is 4.63. The van der Waals surface area contributed by atoms with Gasteiger partial charge in [-0.05, 0) is 42.2 Å². The number of fused-ring (bicyclic) bond motifs is 1. The first kappa shape index (κ1) is 18.7. The Hall–Kier alpha value is -2.07. The van der Waals surface area contributed by atoms with Crippen molar-refractivity contribution in [2.75, 3.05) is 7.11 Å². The molecule has 0 fully saturated rings. The second-order valence-electron chi connectivity index (χ2n) is 6.46. The zero-order chi connectivity index (χ0) is 18.5. The van der Waals surface area contributed by atoms with Crippen LogP contribution in [0.4, 0.5) is 0 Å². The molecule has 136 valence electrons. The first-order valence-corrected chi connectivity index (χ1v) is 9.81. The van der Waals surface area contributed by atoms with E-state index in [1.807, 2.05) is 36.4 Å². The molecule has 3 rings (SSSR count). The van der Waals surface area contributed by atoms with Crippen molar-refractivity contribution in [3.8, 4) is 16.9 Å². The van der Waals surface area contributed by atoms with Gasteiger partial charge in [0.2, 0.25) is 5.43 Å². The summed E-state index contributed by atoms with van der Waals surface area (Å²) in [5, 5.41) is 0.608. The largest absolute Gasteiger partial charge is 0.496 e. The Morgan fingerprint density at radius 3 is 2.54 bits per heavy atom. The number of halogens is 1. The van der Waals surface area contributed by atoms with Gasteiger partial charge in [0.1, 0.15) is 17.6 Å². The molecule has 2 aromatic carbocycles. The minimum absolute atomic E-state index is 0.00830. The topological polar surface area (TPSA) is 39.4 Å². The molecule has 0 amide bonds. The lowest BCUT2D eigenvalue weighted by molar-refractivity contribution is 0.408. The average molecular weight is 415 g/mol. The first-order valence-electron chi connectivity index (χ1n) is 9.02. The number of aryl methyl sites for hydroxylation is 1. The summed E-state index contributed by atoms with van der Waals surface area (Å²) in [6.07, 6.45) is 7.15. The van der Waals surface area contributed by atoms with E-state index in [2.05, 4.69) is 22.9 Å². The van der Waals surface area contributed by atoms with Crippen LogP contribution in [0.5, 0.6) is 5.75 Å². The van der Waals surface area contributed by atoms with Crippen LogP contribution in [0.3, 0.4) is 0 Å². The molecule has 0 aliphatic heterocycles. The SMILES string of the molecule is CCCCCCc1cc2c(=O)c(-c3ccc(Br)cc3)coc2cc1OC. The lowest BCUT2D eigenvalue weighted by Crippen LogP contribution is -2.06. The molecule has 4 heteroatoms. The van der Waals surface area contributed by atoms with Crippen molar-refractivity contribution < 1.29 is 9.15 Å². The molecule has 0 unspecified atom stereocenters. The summed E-state index contributed by atoms with van der Waals surface area (Å²) in [6.45, 7) is 2.20. The third-order valence-corrected chi connectivity index (χ3v) is 5.16. The van der Waals surface area contributed by atoms with Gasteiger partial charge >= 0.3 is 0 Å². The Morgan fingerprint density at radius 1 is 1.08 bits per heavy atom. The predicted molar refractivity (Wildman–Crippen MR) is 110 cm³/mol. The minimum Gasteiger partial charge on any atom is -0.496 e. The van der Waals surface area contributed by atoms with Crippen LogP contribution >= 0.6 is 15.9 Å². The first-order chi connectivity index (χ1) is 12.6. The molecule has 0 atom stereocenters. The van der Waals surface area contributed by atoms with Crippen molar-refractivity contribution >= 4 is 26.9 Å². The van der Waals surface area contributed by atoms with E-state index in [-0.39, 0.29) is 5.43 Å². The van der Waals surface area contributed by atoms with Crippen LogP contribution < -0.4 is 10.2 Å². The summed E-state index contributed by atoms with van der Waals surface area (Å²) < 4.78 is 12.2. The molecule has 0 saturated carbocycles. The van der Waals surface area contributed by atoms with Gasteiger partial charge in [0.05, 0.1) is 18.1 Å². The van der Waals surface area contributed by atoms with Gasteiger partial charge in [0.15, 0.2) is 0 Å². The van der Waals surface area contributed by atoms with Gasteiger partial charge in [-0.15, -0.1) is 0 Å². The van der Waals surface area contributed by atoms with Crippen LogP contribution in [-0.4, -0.2) is 7.11 Å². The summed E-state index contributed by atoms with van der Waals surface area (Å²) >= 11 is 3.42. The fourth-order valence-corrected chi connectivity index (χ4v) is 3.42. The monoisotopic (exact) mass is 414 g/mol. The summed E-state index contributed by atoms with van der Waals surface area (Å²) in [4.78, 5) is 13.0. The lowest BCUT2D eigenvalue weighted by Gasteiger charge is -2.10. The van der Waals surface area contributed by atoms with Gasteiger partial charge in [-0.3, -0.25) is 4.79 Å². The standard InChI is InChI=1S/C22H23BrO3/c1-3-4-5-6-7-16-12-18-21(13-20(16)25-2)26-14-19(22(18)24)15-8-10-17(23)11-9-15/h8-14H,3-7H2,1-2H3. The molecule has 0 bridgehead atoms. The number of unbranched alkanes of at least 4 members (excludes halogenated alkanes) is 3. The van der Waals surface area contributed by atoms with Gasteiger partial charge in [-0.2, -0.15) is 0 Å². The number of methoxy groups -OCH3 is 1. The highest BCUT2D eigenvalue weighted by Gasteiger charge is 2.13. The van der Waals surface area contributed by atoms with Crippen molar-refractivity contribution in [1.29, 1.82) is 0 Å². The van der Waals surface area contributed by atoms with Crippen LogP contribution in [0.15, 0.2) is 56.3 Å². The molecule has 0 saturated heterocycles. The van der Waals surface area contributed by atoms with Crippen LogP contribution in [-0.2, 0) is 6.42 Å². The molecule has 1 aromatic heterocycles. The number of hydrogen-bond acceptors (Lipinski definition) is 3. The van der Waals surface area contributed by atoms with E-state index in [0.717, 1.165) is 34.2 Å². The van der Waals surface area contributed by atoms with Crippen LogP contribution in [0, 0.1) is 0 Å². The van der Waals surface area contributed by atoms with Crippen molar-refractivity contribution in [2.24, 2.45) is 0 Å². The van der Waals surface area contributed by atoms with Gasteiger partial charge in [0.25, 0.3) is 0 Å². The molecule has 0 aliphatic rings. The number of benzene rings is 2. The molecule has 0 aliphatic carbocycles. The normalized spacial score (nSPS) is 11.0. The molecule has 3 nitrogen and oxygen atoms in total. The molecule has 26 heavy (non-hydrogen) atoms. The van der Waals surface area contributed by atoms with E-state index >= 15 is 0 Å². The van der Waals surface area contributed by atoms with Gasteiger partial charge in [-0.1, -0.05) is 54.2 Å². The summed E-state index contributed by atoms with van der Waals surface area (Å²) in [6, 6.07) is 11.4. The number of ether oxygens (including phenoxy) is 1. The highest BCUT2D eigenvalue weighted by molar-refractivity contribution is 9.10. The Morgan fingerprint density at radius 2 is 1.85 bits per heavy atom. The smallest absolute Gasteiger partial charge is 0.200 e. The Labute approximate surface area is 162 Å². The Kier molecular flexibility index (Phi) is 6.15. The molecule has 3 aromatic rings. The van der Waals surface area contributed by atoms with E-state index in [1.54, 1.807) is 7.11 Å². The van der Waals surface area contributed by atoms with Crippen molar-refractivity contribution in [1.82, 2.24) is 0 Å². The maximum Gasteiger partial charge on any atom is 0.200 e. The average Bonchev–Trinajstić information content (AvgIpc) is 2.66. The van der Waals surface area contributed by atoms with Crippen molar-refractivity contribution in [2.45, 2.75) is 39.0 Å². The van der Waals surface area contributed by atoms with E-state index in [9.17, 15) is 4.79 Å². The highest BCUT2D eigenvalue weighted by Crippen LogP contribution is 2.28. The van der Waals surface area contributed by atoms with Crippen LogP contribution in [0.1, 0.15) is 38.2 Å². The maximum atomic E-state index is 13.0. The second-order valence-corrected chi connectivity index (χ2v) is 7.37. The minimum atomic E-state index is -0.00830.